The maximum absolute atomic E-state index is 4.88. The summed E-state index contributed by atoms with van der Waals surface area (Å²) in [4.78, 5) is 7.30. The molecule has 3 aromatic carbocycles. The zero-order valence-electron chi connectivity index (χ0n) is 14.9. The highest BCUT2D eigenvalue weighted by molar-refractivity contribution is 8.14. The molecule has 0 saturated heterocycles. The molecule has 0 bridgehead atoms. The van der Waals surface area contributed by atoms with Gasteiger partial charge in [-0.15, -0.1) is 0 Å². The van der Waals surface area contributed by atoms with Crippen LogP contribution in [0, 0.1) is 6.92 Å². The SMILES string of the molecule is CC(=C\Sc1ccc(C)cc1)/C(=N/c1ccccc1)Sc1ccccc1. The highest BCUT2D eigenvalue weighted by atomic mass is 32.2. The summed E-state index contributed by atoms with van der Waals surface area (Å²) < 4.78 is 0. The van der Waals surface area contributed by atoms with E-state index in [9.17, 15) is 0 Å². The third kappa shape index (κ3) is 5.65. The number of para-hydroxylation sites is 1. The lowest BCUT2D eigenvalue weighted by molar-refractivity contribution is 1.38. The number of rotatable bonds is 5. The lowest BCUT2D eigenvalue weighted by Gasteiger charge is -2.08. The molecule has 0 heterocycles. The van der Waals surface area contributed by atoms with Gasteiger partial charge >= 0.3 is 0 Å². The summed E-state index contributed by atoms with van der Waals surface area (Å²) in [5.74, 6) is 0. The molecule has 0 radical (unpaired) electrons. The summed E-state index contributed by atoms with van der Waals surface area (Å²) in [5.41, 5.74) is 3.41. The second-order valence-corrected chi connectivity index (χ2v) is 7.90. The van der Waals surface area contributed by atoms with Crippen molar-refractivity contribution < 1.29 is 0 Å². The van der Waals surface area contributed by atoms with E-state index >= 15 is 0 Å². The first kappa shape index (κ1) is 18.6. The lowest BCUT2D eigenvalue weighted by Crippen LogP contribution is -1.94. The van der Waals surface area contributed by atoms with E-state index in [1.807, 2.05) is 36.4 Å². The number of thioether (sulfide) groups is 2. The molecular formula is C23H21NS2. The predicted octanol–water partition coefficient (Wildman–Crippen LogP) is 7.51. The molecule has 0 N–H and O–H groups in total. The first-order valence-corrected chi connectivity index (χ1v) is 10.2. The Labute approximate surface area is 164 Å². The van der Waals surface area contributed by atoms with Crippen LogP contribution >= 0.6 is 23.5 Å². The minimum absolute atomic E-state index is 0.971. The van der Waals surface area contributed by atoms with Gasteiger partial charge in [0.25, 0.3) is 0 Å². The first-order valence-electron chi connectivity index (χ1n) is 8.48. The van der Waals surface area contributed by atoms with Crippen molar-refractivity contribution in [2.75, 3.05) is 0 Å². The lowest BCUT2D eigenvalue weighted by atomic mass is 10.2. The molecule has 1 nitrogen and oxygen atoms in total. The van der Waals surface area contributed by atoms with Gasteiger partial charge in [0.2, 0.25) is 0 Å². The van der Waals surface area contributed by atoms with Crippen LogP contribution in [0.3, 0.4) is 0 Å². The number of nitrogens with zero attached hydrogens (tertiary/aromatic N) is 1. The second kappa shape index (κ2) is 9.46. The van der Waals surface area contributed by atoms with E-state index < -0.39 is 0 Å². The minimum Gasteiger partial charge on any atom is -0.241 e. The van der Waals surface area contributed by atoms with Crippen LogP contribution in [0.2, 0.25) is 0 Å². The summed E-state index contributed by atoms with van der Waals surface area (Å²) in [6.07, 6.45) is 0. The molecule has 3 rings (SSSR count). The molecular weight excluding hydrogens is 354 g/mol. The molecule has 0 atom stereocenters. The highest BCUT2D eigenvalue weighted by Crippen LogP contribution is 2.29. The molecule has 26 heavy (non-hydrogen) atoms. The van der Waals surface area contributed by atoms with Crippen LogP contribution in [0.25, 0.3) is 0 Å². The van der Waals surface area contributed by atoms with Crippen molar-refractivity contribution in [1.82, 2.24) is 0 Å². The average molecular weight is 376 g/mol. The maximum atomic E-state index is 4.88. The average Bonchev–Trinajstić information content (AvgIpc) is 2.68. The van der Waals surface area contributed by atoms with E-state index in [2.05, 4.69) is 67.8 Å². The van der Waals surface area contributed by atoms with Gasteiger partial charge in [0.15, 0.2) is 0 Å². The molecule has 0 saturated carbocycles. The molecule has 0 aromatic heterocycles. The van der Waals surface area contributed by atoms with Crippen LogP contribution in [0.5, 0.6) is 0 Å². The van der Waals surface area contributed by atoms with Gasteiger partial charge in [0.1, 0.15) is 5.04 Å². The summed E-state index contributed by atoms with van der Waals surface area (Å²) in [6, 6.07) is 29.1. The fraction of sp³-hybridized carbons (Fsp3) is 0.0870. The van der Waals surface area contributed by atoms with Gasteiger partial charge < -0.3 is 0 Å². The number of benzene rings is 3. The molecule has 130 valence electrons. The molecule has 0 aliphatic rings. The van der Waals surface area contributed by atoms with Crippen LogP contribution in [-0.4, -0.2) is 5.04 Å². The number of hydrogen-bond acceptors (Lipinski definition) is 3. The summed E-state index contributed by atoms with van der Waals surface area (Å²) in [6.45, 7) is 4.23. The van der Waals surface area contributed by atoms with Crippen molar-refractivity contribution in [2.24, 2.45) is 4.99 Å². The maximum Gasteiger partial charge on any atom is 0.105 e. The number of hydrogen-bond donors (Lipinski definition) is 0. The van der Waals surface area contributed by atoms with Gasteiger partial charge in [0.05, 0.1) is 5.69 Å². The zero-order chi connectivity index (χ0) is 18.2. The van der Waals surface area contributed by atoms with E-state index in [1.54, 1.807) is 23.5 Å². The zero-order valence-corrected chi connectivity index (χ0v) is 16.6. The fourth-order valence-electron chi connectivity index (χ4n) is 2.24. The monoisotopic (exact) mass is 375 g/mol. The first-order chi connectivity index (χ1) is 12.7. The second-order valence-electron chi connectivity index (χ2n) is 5.90. The molecule has 0 spiro atoms. The van der Waals surface area contributed by atoms with Crippen molar-refractivity contribution in [3.63, 3.8) is 0 Å². The standard InChI is InChI=1S/C23H21NS2/c1-18-13-15-21(16-14-18)25-17-19(2)23(24-20-9-5-3-6-10-20)26-22-11-7-4-8-12-22/h3-17H,1-2H3/b19-17+,24-23-. The quantitative estimate of drug-likeness (QED) is 0.260. The number of aryl methyl sites for hydroxylation is 1. The molecule has 3 heteroatoms. The molecule has 3 aromatic rings. The summed E-state index contributed by atoms with van der Waals surface area (Å²) >= 11 is 3.43. The van der Waals surface area contributed by atoms with Crippen molar-refractivity contribution in [2.45, 2.75) is 23.6 Å². The Hall–Kier alpha value is -2.23. The van der Waals surface area contributed by atoms with E-state index in [0.29, 0.717) is 0 Å². The van der Waals surface area contributed by atoms with Crippen LogP contribution in [0.1, 0.15) is 12.5 Å². The van der Waals surface area contributed by atoms with Crippen LogP contribution in [0.4, 0.5) is 5.69 Å². The topological polar surface area (TPSA) is 12.4 Å². The fourth-order valence-corrected chi connectivity index (χ4v) is 3.91. The van der Waals surface area contributed by atoms with E-state index in [0.717, 1.165) is 16.3 Å². The Kier molecular flexibility index (Phi) is 6.75. The summed E-state index contributed by atoms with van der Waals surface area (Å²) in [5, 5.41) is 3.20. The number of aliphatic imine (C=N–C) groups is 1. The normalized spacial score (nSPS) is 12.2. The van der Waals surface area contributed by atoms with Crippen molar-refractivity contribution in [3.05, 3.63) is 101 Å². The van der Waals surface area contributed by atoms with Gasteiger partial charge in [0, 0.05) is 9.79 Å². The third-order valence-electron chi connectivity index (χ3n) is 3.67. The Morgan fingerprint density at radius 2 is 1.38 bits per heavy atom. The van der Waals surface area contributed by atoms with Crippen molar-refractivity contribution >= 4 is 34.3 Å². The van der Waals surface area contributed by atoms with Crippen LogP contribution in [0.15, 0.2) is 111 Å². The Morgan fingerprint density at radius 3 is 2.04 bits per heavy atom. The minimum atomic E-state index is 0.971. The van der Waals surface area contributed by atoms with E-state index in [-0.39, 0.29) is 0 Å². The van der Waals surface area contributed by atoms with Crippen molar-refractivity contribution in [3.8, 4) is 0 Å². The van der Waals surface area contributed by atoms with Gasteiger partial charge in [-0.2, -0.15) is 0 Å². The van der Waals surface area contributed by atoms with Crippen LogP contribution in [-0.2, 0) is 0 Å². The molecule has 0 aliphatic carbocycles. The van der Waals surface area contributed by atoms with E-state index in [4.69, 9.17) is 4.99 Å². The summed E-state index contributed by atoms with van der Waals surface area (Å²) in [7, 11) is 0. The van der Waals surface area contributed by atoms with Gasteiger partial charge in [-0.1, -0.05) is 77.6 Å². The van der Waals surface area contributed by atoms with Crippen molar-refractivity contribution in [1.29, 1.82) is 0 Å². The molecule has 0 fully saturated rings. The molecule has 0 aliphatic heterocycles. The molecule has 0 amide bonds. The Morgan fingerprint density at radius 1 is 0.769 bits per heavy atom. The third-order valence-corrected chi connectivity index (χ3v) is 5.80. The smallest absolute Gasteiger partial charge is 0.105 e. The van der Waals surface area contributed by atoms with Gasteiger partial charge in [-0.05, 0) is 61.2 Å². The van der Waals surface area contributed by atoms with E-state index in [1.165, 1.54) is 15.4 Å². The highest BCUT2D eigenvalue weighted by Gasteiger charge is 2.06. The molecule has 0 unspecified atom stereocenters. The van der Waals surface area contributed by atoms with Gasteiger partial charge in [-0.3, -0.25) is 0 Å². The van der Waals surface area contributed by atoms with Gasteiger partial charge in [-0.25, -0.2) is 4.99 Å². The van der Waals surface area contributed by atoms with Crippen LogP contribution < -0.4 is 0 Å². The largest absolute Gasteiger partial charge is 0.241 e. The Balaban J connectivity index is 1.85. The Bertz CT molecular complexity index is 883. The predicted molar refractivity (Wildman–Crippen MR) is 117 cm³/mol.